The second-order valence-electron chi connectivity index (χ2n) is 4.96. The number of rotatable bonds is 2. The molecule has 1 unspecified atom stereocenters. The van der Waals surface area contributed by atoms with E-state index >= 15 is 0 Å². The molecule has 1 aliphatic rings. The summed E-state index contributed by atoms with van der Waals surface area (Å²) in [7, 11) is 0. The molecule has 0 heterocycles. The number of hydrogen-bond donors (Lipinski definition) is 2. The summed E-state index contributed by atoms with van der Waals surface area (Å²) in [5, 5.41) is 10.7. The molecule has 1 atom stereocenters. The van der Waals surface area contributed by atoms with E-state index in [0.717, 1.165) is 30.4 Å². The van der Waals surface area contributed by atoms with E-state index in [-0.39, 0.29) is 11.7 Å². The van der Waals surface area contributed by atoms with Crippen molar-refractivity contribution >= 4 is 11.6 Å². The maximum Gasteiger partial charge on any atom is 0.137 e. The zero-order valence-corrected chi connectivity index (χ0v) is 11.1. The third-order valence-corrected chi connectivity index (χ3v) is 4.13. The third-order valence-electron chi connectivity index (χ3n) is 3.72. The second-order valence-corrected chi connectivity index (χ2v) is 5.34. The maximum absolute atomic E-state index is 10.2. The van der Waals surface area contributed by atoms with Gasteiger partial charge < -0.3 is 10.8 Å². The first-order chi connectivity index (χ1) is 8.15. The smallest absolute Gasteiger partial charge is 0.137 e. The fourth-order valence-corrected chi connectivity index (χ4v) is 2.87. The molecular formula is C14H20ClNO. The molecular weight excluding hydrogens is 234 g/mol. The van der Waals surface area contributed by atoms with Crippen LogP contribution in [0.25, 0.3) is 0 Å². The Morgan fingerprint density at radius 1 is 1.35 bits per heavy atom. The highest BCUT2D eigenvalue weighted by atomic mass is 35.5. The zero-order valence-electron chi connectivity index (χ0n) is 10.3. The minimum Gasteiger partial charge on any atom is -0.506 e. The lowest BCUT2D eigenvalue weighted by atomic mass is 9.93. The van der Waals surface area contributed by atoms with Crippen molar-refractivity contribution in [2.24, 2.45) is 5.73 Å². The number of aromatic hydroxyl groups is 1. The van der Waals surface area contributed by atoms with Gasteiger partial charge in [-0.3, -0.25) is 0 Å². The number of phenols is 1. The van der Waals surface area contributed by atoms with Gasteiger partial charge in [0.2, 0.25) is 0 Å². The Hall–Kier alpha value is -0.730. The molecule has 0 radical (unpaired) electrons. The molecule has 0 fully saturated rings. The second kappa shape index (κ2) is 5.28. The Kier molecular flexibility index (Phi) is 3.95. The summed E-state index contributed by atoms with van der Waals surface area (Å²) in [5.41, 5.74) is 9.03. The van der Waals surface area contributed by atoms with Gasteiger partial charge in [0.25, 0.3) is 0 Å². The number of benzene rings is 1. The van der Waals surface area contributed by atoms with Crippen molar-refractivity contribution < 1.29 is 5.11 Å². The Morgan fingerprint density at radius 3 is 2.76 bits per heavy atom. The van der Waals surface area contributed by atoms with Gasteiger partial charge in [0.05, 0.1) is 5.02 Å². The predicted octanol–water partition coefficient (Wildman–Crippen LogP) is 3.38. The molecule has 0 saturated heterocycles. The molecule has 94 valence electrons. The number of aryl methyl sites for hydroxylation is 1. The van der Waals surface area contributed by atoms with E-state index < -0.39 is 0 Å². The molecule has 3 N–H and O–H groups in total. The van der Waals surface area contributed by atoms with Crippen molar-refractivity contribution in [3.63, 3.8) is 0 Å². The molecule has 17 heavy (non-hydrogen) atoms. The lowest BCUT2D eigenvalue weighted by molar-refractivity contribution is 0.462. The number of nitrogens with two attached hydrogens (primary N) is 1. The number of hydrogen-bond acceptors (Lipinski definition) is 2. The summed E-state index contributed by atoms with van der Waals surface area (Å²) in [6.07, 6.45) is 5.68. The van der Waals surface area contributed by atoms with Gasteiger partial charge in [-0.2, -0.15) is 0 Å². The summed E-state index contributed by atoms with van der Waals surface area (Å²) in [5.74, 6) is 0.395. The number of halogens is 1. The number of fused-ring (bicyclic) bond motifs is 1. The van der Waals surface area contributed by atoms with Crippen LogP contribution < -0.4 is 5.73 Å². The Morgan fingerprint density at radius 2 is 2.06 bits per heavy atom. The average Bonchev–Trinajstić information content (AvgIpc) is 2.58. The van der Waals surface area contributed by atoms with Crippen molar-refractivity contribution in [3.8, 4) is 5.75 Å². The first-order valence-electron chi connectivity index (χ1n) is 6.38. The molecule has 0 aromatic heterocycles. The van der Waals surface area contributed by atoms with Crippen LogP contribution in [0.15, 0.2) is 6.07 Å². The Labute approximate surface area is 108 Å². The SMILES string of the molecule is CC(CN)c1cc2c(c(Cl)c1O)CCCCC2. The van der Waals surface area contributed by atoms with E-state index in [1.807, 2.05) is 6.92 Å². The van der Waals surface area contributed by atoms with Crippen LogP contribution >= 0.6 is 11.6 Å². The van der Waals surface area contributed by atoms with Crippen LogP contribution in [-0.4, -0.2) is 11.7 Å². The highest BCUT2D eigenvalue weighted by molar-refractivity contribution is 6.33. The summed E-state index contributed by atoms with van der Waals surface area (Å²) < 4.78 is 0. The van der Waals surface area contributed by atoms with E-state index in [2.05, 4.69) is 6.07 Å². The molecule has 0 aliphatic heterocycles. The molecule has 0 spiro atoms. The van der Waals surface area contributed by atoms with E-state index in [0.29, 0.717) is 11.6 Å². The summed E-state index contributed by atoms with van der Waals surface area (Å²) in [6, 6.07) is 2.11. The van der Waals surface area contributed by atoms with Crippen LogP contribution in [0.1, 0.15) is 48.8 Å². The van der Waals surface area contributed by atoms with Crippen molar-refractivity contribution in [1.82, 2.24) is 0 Å². The zero-order chi connectivity index (χ0) is 12.4. The first kappa shape index (κ1) is 12.7. The molecule has 1 aliphatic carbocycles. The van der Waals surface area contributed by atoms with Gasteiger partial charge in [-0.05, 0) is 54.8 Å². The van der Waals surface area contributed by atoms with Crippen molar-refractivity contribution in [2.75, 3.05) is 6.54 Å². The lowest BCUT2D eigenvalue weighted by Crippen LogP contribution is -2.10. The lowest BCUT2D eigenvalue weighted by Gasteiger charge is -2.17. The highest BCUT2D eigenvalue weighted by Gasteiger charge is 2.20. The molecule has 3 heteroatoms. The van der Waals surface area contributed by atoms with Gasteiger partial charge in [-0.1, -0.05) is 31.0 Å². The molecule has 1 aromatic rings. The van der Waals surface area contributed by atoms with Gasteiger partial charge in [0.15, 0.2) is 0 Å². The van der Waals surface area contributed by atoms with E-state index in [1.54, 1.807) is 0 Å². The maximum atomic E-state index is 10.2. The highest BCUT2D eigenvalue weighted by Crippen LogP contribution is 2.39. The van der Waals surface area contributed by atoms with E-state index in [4.69, 9.17) is 17.3 Å². The topological polar surface area (TPSA) is 46.2 Å². The predicted molar refractivity (Wildman–Crippen MR) is 71.8 cm³/mol. The largest absolute Gasteiger partial charge is 0.506 e. The van der Waals surface area contributed by atoms with Crippen molar-refractivity contribution in [2.45, 2.75) is 44.9 Å². The minimum atomic E-state index is 0.154. The number of phenolic OH excluding ortho intramolecular Hbond substituents is 1. The van der Waals surface area contributed by atoms with Gasteiger partial charge in [0, 0.05) is 0 Å². The van der Waals surface area contributed by atoms with Crippen LogP contribution in [-0.2, 0) is 12.8 Å². The fraction of sp³-hybridized carbons (Fsp3) is 0.571. The normalized spacial score (nSPS) is 17.4. The van der Waals surface area contributed by atoms with Crippen LogP contribution in [0.3, 0.4) is 0 Å². The minimum absolute atomic E-state index is 0.154. The molecule has 0 saturated carbocycles. The molecule has 0 bridgehead atoms. The fourth-order valence-electron chi connectivity index (χ4n) is 2.54. The Bertz CT molecular complexity index is 417. The third kappa shape index (κ3) is 2.43. The quantitative estimate of drug-likeness (QED) is 0.794. The van der Waals surface area contributed by atoms with E-state index in [1.165, 1.54) is 18.4 Å². The Balaban J connectivity index is 2.51. The molecule has 2 rings (SSSR count). The monoisotopic (exact) mass is 253 g/mol. The summed E-state index contributed by atoms with van der Waals surface area (Å²) >= 11 is 6.30. The first-order valence-corrected chi connectivity index (χ1v) is 6.76. The van der Waals surface area contributed by atoms with Crippen molar-refractivity contribution in [1.29, 1.82) is 0 Å². The van der Waals surface area contributed by atoms with Crippen LogP contribution in [0.4, 0.5) is 0 Å². The van der Waals surface area contributed by atoms with Crippen LogP contribution in [0.2, 0.25) is 5.02 Å². The van der Waals surface area contributed by atoms with Crippen LogP contribution in [0.5, 0.6) is 5.75 Å². The summed E-state index contributed by atoms with van der Waals surface area (Å²) in [4.78, 5) is 0. The van der Waals surface area contributed by atoms with Crippen LogP contribution in [0, 0.1) is 0 Å². The molecule has 2 nitrogen and oxygen atoms in total. The molecule has 1 aromatic carbocycles. The van der Waals surface area contributed by atoms with Crippen molar-refractivity contribution in [3.05, 3.63) is 27.8 Å². The standard InChI is InChI=1S/C14H20ClNO/c1-9(8-16)12-7-10-5-3-2-4-6-11(10)13(15)14(12)17/h7,9,17H,2-6,8,16H2,1H3. The van der Waals surface area contributed by atoms with Gasteiger partial charge >= 0.3 is 0 Å². The summed E-state index contributed by atoms with van der Waals surface area (Å²) in [6.45, 7) is 2.55. The van der Waals surface area contributed by atoms with Gasteiger partial charge in [-0.25, -0.2) is 0 Å². The molecule has 0 amide bonds. The van der Waals surface area contributed by atoms with Gasteiger partial charge in [-0.15, -0.1) is 0 Å². The van der Waals surface area contributed by atoms with E-state index in [9.17, 15) is 5.11 Å². The average molecular weight is 254 g/mol. The van der Waals surface area contributed by atoms with Gasteiger partial charge in [0.1, 0.15) is 5.75 Å².